The number of aromatic nitrogens is 1. The fraction of sp³-hybridized carbons (Fsp3) is 0.400. The number of rotatable bonds is 5. The van der Waals surface area contributed by atoms with Crippen LogP contribution in [0.15, 0.2) is 23.6 Å². The number of benzene rings is 1. The summed E-state index contributed by atoms with van der Waals surface area (Å²) in [6, 6.07) is 6.57. The molecule has 0 bridgehead atoms. The van der Waals surface area contributed by atoms with Gasteiger partial charge in [-0.3, -0.25) is 0 Å². The second-order valence-electron chi connectivity index (χ2n) is 4.91. The van der Waals surface area contributed by atoms with E-state index in [9.17, 15) is 0 Å². The minimum absolute atomic E-state index is 0.845. The molecule has 0 amide bonds. The van der Waals surface area contributed by atoms with E-state index in [0.29, 0.717) is 0 Å². The normalized spacial score (nSPS) is 10.7. The van der Waals surface area contributed by atoms with Gasteiger partial charge in [0.25, 0.3) is 0 Å². The Kier molecular flexibility index (Phi) is 4.56. The van der Waals surface area contributed by atoms with Crippen LogP contribution in [0, 0.1) is 13.8 Å². The first-order valence-corrected chi connectivity index (χ1v) is 7.34. The van der Waals surface area contributed by atoms with Gasteiger partial charge in [-0.2, -0.15) is 0 Å². The second-order valence-corrected chi connectivity index (χ2v) is 5.85. The third-order valence-corrected chi connectivity index (χ3v) is 3.99. The maximum atomic E-state index is 4.63. The highest BCUT2D eigenvalue weighted by Crippen LogP contribution is 2.22. The smallest absolute Gasteiger partial charge is 0.107 e. The van der Waals surface area contributed by atoms with Crippen molar-refractivity contribution in [3.8, 4) is 0 Å². The Labute approximate surface area is 119 Å². The summed E-state index contributed by atoms with van der Waals surface area (Å²) in [5.41, 5.74) is 5.03. The third-order valence-electron chi connectivity index (χ3n) is 3.09. The molecule has 0 aliphatic carbocycles. The summed E-state index contributed by atoms with van der Waals surface area (Å²) in [5.74, 6) is 0. The first-order valence-electron chi connectivity index (χ1n) is 6.46. The quantitative estimate of drug-likeness (QED) is 0.909. The molecule has 0 atom stereocenters. The highest BCUT2D eigenvalue weighted by Gasteiger charge is 2.08. The van der Waals surface area contributed by atoms with Crippen LogP contribution in [-0.2, 0) is 13.1 Å². The molecule has 0 fully saturated rings. The average molecular weight is 275 g/mol. The molecule has 1 heterocycles. The first kappa shape index (κ1) is 14.0. The van der Waals surface area contributed by atoms with E-state index in [2.05, 4.69) is 59.7 Å². The van der Waals surface area contributed by atoms with Crippen molar-refractivity contribution >= 4 is 17.0 Å². The molecule has 1 N–H and O–H groups in total. The van der Waals surface area contributed by atoms with Gasteiger partial charge in [-0.05, 0) is 32.5 Å². The first-order chi connectivity index (χ1) is 9.10. The van der Waals surface area contributed by atoms with Crippen LogP contribution in [0.5, 0.6) is 0 Å². The summed E-state index contributed by atoms with van der Waals surface area (Å²) in [4.78, 5) is 6.88. The largest absolute Gasteiger partial charge is 0.368 e. The summed E-state index contributed by atoms with van der Waals surface area (Å²) < 4.78 is 0. The molecule has 0 aliphatic rings. The van der Waals surface area contributed by atoms with Gasteiger partial charge in [0.2, 0.25) is 0 Å². The molecule has 1 aromatic carbocycles. The van der Waals surface area contributed by atoms with Crippen molar-refractivity contribution in [1.82, 2.24) is 10.3 Å². The van der Waals surface area contributed by atoms with Crippen LogP contribution in [0.1, 0.15) is 21.8 Å². The Balaban J connectivity index is 2.09. The van der Waals surface area contributed by atoms with E-state index in [4.69, 9.17) is 0 Å². The Morgan fingerprint density at radius 2 is 2.11 bits per heavy atom. The Morgan fingerprint density at radius 1 is 1.32 bits per heavy atom. The lowest BCUT2D eigenvalue weighted by Crippen LogP contribution is -2.17. The zero-order valence-electron chi connectivity index (χ0n) is 12.0. The molecule has 0 aliphatic heterocycles. The molecule has 0 unspecified atom stereocenters. The Morgan fingerprint density at radius 3 is 2.79 bits per heavy atom. The van der Waals surface area contributed by atoms with Gasteiger partial charge in [0.15, 0.2) is 0 Å². The minimum atomic E-state index is 0.845. The Bertz CT molecular complexity index is 548. The van der Waals surface area contributed by atoms with Crippen molar-refractivity contribution in [2.24, 2.45) is 0 Å². The number of aryl methyl sites for hydroxylation is 2. The number of hydrogen-bond acceptors (Lipinski definition) is 4. The van der Waals surface area contributed by atoms with Gasteiger partial charge in [0, 0.05) is 24.7 Å². The topological polar surface area (TPSA) is 28.2 Å². The van der Waals surface area contributed by atoms with E-state index in [-0.39, 0.29) is 0 Å². The molecule has 0 saturated carbocycles. The van der Waals surface area contributed by atoms with Crippen molar-refractivity contribution in [3.05, 3.63) is 45.4 Å². The lowest BCUT2D eigenvalue weighted by molar-refractivity contribution is 0.797. The molecular weight excluding hydrogens is 254 g/mol. The van der Waals surface area contributed by atoms with E-state index >= 15 is 0 Å². The van der Waals surface area contributed by atoms with Gasteiger partial charge in [-0.25, -0.2) is 4.98 Å². The van der Waals surface area contributed by atoms with E-state index in [1.54, 1.807) is 11.3 Å². The van der Waals surface area contributed by atoms with Crippen LogP contribution < -0.4 is 10.2 Å². The highest BCUT2D eigenvalue weighted by atomic mass is 32.1. The van der Waals surface area contributed by atoms with Crippen molar-refractivity contribution < 1.29 is 0 Å². The van der Waals surface area contributed by atoms with Crippen LogP contribution in [0.25, 0.3) is 0 Å². The molecular formula is C15H21N3S. The molecule has 2 rings (SSSR count). The highest BCUT2D eigenvalue weighted by molar-refractivity contribution is 7.09. The fourth-order valence-electron chi connectivity index (χ4n) is 2.22. The lowest BCUT2D eigenvalue weighted by Gasteiger charge is -2.20. The van der Waals surface area contributed by atoms with Crippen molar-refractivity contribution in [2.45, 2.75) is 26.9 Å². The van der Waals surface area contributed by atoms with E-state index in [1.807, 2.05) is 7.05 Å². The summed E-state index contributed by atoms with van der Waals surface area (Å²) in [6.07, 6.45) is 0. The number of anilines is 1. The second kappa shape index (κ2) is 6.17. The molecule has 19 heavy (non-hydrogen) atoms. The van der Waals surface area contributed by atoms with Crippen LogP contribution in [-0.4, -0.2) is 19.1 Å². The molecule has 102 valence electrons. The van der Waals surface area contributed by atoms with Gasteiger partial charge >= 0.3 is 0 Å². The molecule has 0 saturated heterocycles. The predicted octanol–water partition coefficient (Wildman–Crippen LogP) is 3.12. The van der Waals surface area contributed by atoms with Gasteiger partial charge in [-0.1, -0.05) is 17.7 Å². The third kappa shape index (κ3) is 3.55. The number of thiazole rings is 1. The maximum Gasteiger partial charge on any atom is 0.107 e. The van der Waals surface area contributed by atoms with Crippen LogP contribution >= 0.6 is 11.3 Å². The monoisotopic (exact) mass is 275 g/mol. The van der Waals surface area contributed by atoms with Gasteiger partial charge in [0.1, 0.15) is 5.01 Å². The number of nitrogens with zero attached hydrogens (tertiary/aromatic N) is 2. The summed E-state index contributed by atoms with van der Waals surface area (Å²) in [5, 5.41) is 6.42. The van der Waals surface area contributed by atoms with Gasteiger partial charge in [-0.15, -0.1) is 11.3 Å². The van der Waals surface area contributed by atoms with E-state index in [1.165, 1.54) is 16.8 Å². The summed E-state index contributed by atoms with van der Waals surface area (Å²) in [6.45, 7) is 5.98. The minimum Gasteiger partial charge on any atom is -0.368 e. The predicted molar refractivity (Wildman–Crippen MR) is 82.9 cm³/mol. The molecule has 2 aromatic rings. The molecule has 1 aromatic heterocycles. The molecule has 0 spiro atoms. The fourth-order valence-corrected chi connectivity index (χ4v) is 3.01. The maximum absolute atomic E-state index is 4.63. The zero-order chi connectivity index (χ0) is 13.8. The van der Waals surface area contributed by atoms with Gasteiger partial charge in [0.05, 0.1) is 12.2 Å². The number of hydrogen-bond donors (Lipinski definition) is 1. The molecule has 0 radical (unpaired) electrons. The van der Waals surface area contributed by atoms with Crippen LogP contribution in [0.2, 0.25) is 0 Å². The standard InChI is InChI=1S/C15H21N3S/c1-11-5-6-14(12(2)7-11)18(4)9-13-10-19-15(17-13)8-16-3/h5-7,10,16H,8-9H2,1-4H3. The summed E-state index contributed by atoms with van der Waals surface area (Å²) in [7, 11) is 4.07. The Hall–Kier alpha value is -1.39. The van der Waals surface area contributed by atoms with Crippen LogP contribution in [0.3, 0.4) is 0 Å². The van der Waals surface area contributed by atoms with Gasteiger partial charge < -0.3 is 10.2 Å². The molecule has 3 nitrogen and oxygen atoms in total. The molecule has 4 heteroatoms. The van der Waals surface area contributed by atoms with Crippen molar-refractivity contribution in [2.75, 3.05) is 19.0 Å². The average Bonchev–Trinajstić information content (AvgIpc) is 2.76. The zero-order valence-corrected chi connectivity index (χ0v) is 12.8. The summed E-state index contributed by atoms with van der Waals surface area (Å²) >= 11 is 1.72. The lowest BCUT2D eigenvalue weighted by atomic mass is 10.1. The van der Waals surface area contributed by atoms with Crippen molar-refractivity contribution in [1.29, 1.82) is 0 Å². The van der Waals surface area contributed by atoms with E-state index in [0.717, 1.165) is 23.8 Å². The SMILES string of the molecule is CNCc1nc(CN(C)c2ccc(C)cc2C)cs1. The van der Waals surface area contributed by atoms with E-state index < -0.39 is 0 Å². The van der Waals surface area contributed by atoms with Crippen molar-refractivity contribution in [3.63, 3.8) is 0 Å². The number of nitrogens with one attached hydrogen (secondary N) is 1. The van der Waals surface area contributed by atoms with Crippen LogP contribution in [0.4, 0.5) is 5.69 Å².